The zero-order valence-electron chi connectivity index (χ0n) is 11.5. The molecule has 0 aliphatic heterocycles. The molecule has 0 bridgehead atoms. The van der Waals surface area contributed by atoms with Crippen LogP contribution in [-0.4, -0.2) is 10.7 Å². The van der Waals surface area contributed by atoms with Gasteiger partial charge < -0.3 is 5.73 Å². The average Bonchev–Trinajstić information content (AvgIpc) is 2.54. The molecule has 0 radical (unpaired) electrons. The lowest BCUT2D eigenvalue weighted by Gasteiger charge is -2.09. The van der Waals surface area contributed by atoms with Gasteiger partial charge in [0, 0.05) is 11.1 Å². The smallest absolute Gasteiger partial charge is 0.0706 e. The molecule has 3 nitrogen and oxygen atoms in total. The molecular formula is C18H15N3. The maximum atomic E-state index is 8.42. The highest BCUT2D eigenvalue weighted by atomic mass is 14.7. The fraction of sp³-hybridized carbons (Fsp3) is 0. The van der Waals surface area contributed by atoms with Crippen LogP contribution in [-0.2, 0) is 0 Å². The van der Waals surface area contributed by atoms with E-state index >= 15 is 0 Å². The van der Waals surface area contributed by atoms with Crippen LogP contribution in [0.15, 0.2) is 61.3 Å². The fourth-order valence-corrected chi connectivity index (χ4v) is 2.31. The van der Waals surface area contributed by atoms with Crippen molar-refractivity contribution < 1.29 is 0 Å². The number of fused-ring (bicyclic) bond motifs is 1. The number of rotatable bonds is 3. The number of nitrogens with two attached hydrogens (primary N) is 1. The van der Waals surface area contributed by atoms with Gasteiger partial charge in [-0.25, -0.2) is 0 Å². The van der Waals surface area contributed by atoms with Crippen LogP contribution in [0.4, 0.5) is 5.69 Å². The van der Waals surface area contributed by atoms with Crippen molar-refractivity contribution in [2.45, 2.75) is 0 Å². The van der Waals surface area contributed by atoms with Crippen LogP contribution in [0.3, 0.4) is 0 Å². The first-order chi connectivity index (χ1) is 10.2. The SMILES string of the molecule is C=Cc1cc(C(=N)c2ccc3ccccc3c2)c(N)cn1. The molecule has 0 unspecified atom stereocenters. The van der Waals surface area contributed by atoms with Gasteiger partial charge in [0.15, 0.2) is 0 Å². The Morgan fingerprint density at radius 3 is 2.62 bits per heavy atom. The van der Waals surface area contributed by atoms with Crippen LogP contribution in [0.5, 0.6) is 0 Å². The maximum absolute atomic E-state index is 8.42. The highest BCUT2D eigenvalue weighted by molar-refractivity contribution is 6.15. The summed E-state index contributed by atoms with van der Waals surface area (Å²) in [6.45, 7) is 3.70. The molecule has 0 saturated heterocycles. The molecule has 1 aromatic heterocycles. The summed E-state index contributed by atoms with van der Waals surface area (Å²) in [6, 6.07) is 15.8. The second-order valence-electron chi connectivity index (χ2n) is 4.84. The molecule has 0 amide bonds. The minimum Gasteiger partial charge on any atom is -0.397 e. The molecule has 2 aromatic carbocycles. The third-order valence-electron chi connectivity index (χ3n) is 3.47. The lowest BCUT2D eigenvalue weighted by atomic mass is 9.98. The number of nitrogens with zero attached hydrogens (tertiary/aromatic N) is 1. The number of pyridine rings is 1. The Labute approximate surface area is 123 Å². The van der Waals surface area contributed by atoms with Gasteiger partial charge in [0.25, 0.3) is 0 Å². The van der Waals surface area contributed by atoms with E-state index < -0.39 is 0 Å². The average molecular weight is 273 g/mol. The van der Waals surface area contributed by atoms with Crippen molar-refractivity contribution in [1.29, 1.82) is 5.41 Å². The Morgan fingerprint density at radius 1 is 1.10 bits per heavy atom. The third kappa shape index (κ3) is 2.41. The number of hydrogen-bond donors (Lipinski definition) is 2. The lowest BCUT2D eigenvalue weighted by molar-refractivity contribution is 1.29. The molecule has 21 heavy (non-hydrogen) atoms. The normalized spacial score (nSPS) is 10.5. The molecule has 0 atom stereocenters. The second-order valence-corrected chi connectivity index (χ2v) is 4.84. The minimum atomic E-state index is 0.392. The van der Waals surface area contributed by atoms with E-state index in [1.165, 1.54) is 0 Å². The molecule has 0 aliphatic rings. The molecule has 3 heteroatoms. The van der Waals surface area contributed by atoms with Crippen LogP contribution in [0, 0.1) is 5.41 Å². The standard InChI is InChI=1S/C18H15N3/c1-2-15-10-16(17(19)11-21-15)18(20)14-8-7-12-5-3-4-6-13(12)9-14/h2-11,20H,1,19H2. The van der Waals surface area contributed by atoms with Gasteiger partial charge in [0.05, 0.1) is 23.3 Å². The van der Waals surface area contributed by atoms with E-state index in [0.717, 1.165) is 16.3 Å². The molecular weight excluding hydrogens is 258 g/mol. The summed E-state index contributed by atoms with van der Waals surface area (Å²) in [5, 5.41) is 10.7. The van der Waals surface area contributed by atoms with Crippen molar-refractivity contribution >= 4 is 28.2 Å². The van der Waals surface area contributed by atoms with Gasteiger partial charge in [-0.15, -0.1) is 0 Å². The summed E-state index contributed by atoms with van der Waals surface area (Å²) in [4.78, 5) is 4.14. The third-order valence-corrected chi connectivity index (χ3v) is 3.47. The molecule has 1 heterocycles. The summed E-state index contributed by atoms with van der Waals surface area (Å²) in [6.07, 6.45) is 3.22. The van der Waals surface area contributed by atoms with Crippen LogP contribution < -0.4 is 5.73 Å². The van der Waals surface area contributed by atoms with Crippen molar-refractivity contribution in [2.75, 3.05) is 5.73 Å². The Morgan fingerprint density at radius 2 is 1.86 bits per heavy atom. The van der Waals surface area contributed by atoms with E-state index in [1.807, 2.05) is 36.4 Å². The monoisotopic (exact) mass is 273 g/mol. The highest BCUT2D eigenvalue weighted by Crippen LogP contribution is 2.21. The van der Waals surface area contributed by atoms with Crippen molar-refractivity contribution in [1.82, 2.24) is 4.98 Å². The van der Waals surface area contributed by atoms with Gasteiger partial charge >= 0.3 is 0 Å². The van der Waals surface area contributed by atoms with Crippen LogP contribution >= 0.6 is 0 Å². The summed E-state index contributed by atoms with van der Waals surface area (Å²) >= 11 is 0. The van der Waals surface area contributed by atoms with Crippen LogP contribution in [0.2, 0.25) is 0 Å². The zero-order chi connectivity index (χ0) is 14.8. The summed E-state index contributed by atoms with van der Waals surface area (Å²) in [5.74, 6) is 0. The quantitative estimate of drug-likeness (QED) is 0.711. The first-order valence-electron chi connectivity index (χ1n) is 6.65. The highest BCUT2D eigenvalue weighted by Gasteiger charge is 2.10. The Hall–Kier alpha value is -2.94. The van der Waals surface area contributed by atoms with E-state index in [-0.39, 0.29) is 0 Å². The van der Waals surface area contributed by atoms with Gasteiger partial charge in [0.1, 0.15) is 0 Å². The molecule has 3 aromatic rings. The number of benzene rings is 2. The molecule has 0 fully saturated rings. The van der Waals surface area contributed by atoms with E-state index in [1.54, 1.807) is 18.3 Å². The van der Waals surface area contributed by atoms with E-state index in [2.05, 4.69) is 17.6 Å². The first kappa shape index (κ1) is 13.1. The first-order valence-corrected chi connectivity index (χ1v) is 6.65. The molecule has 3 rings (SSSR count). The van der Waals surface area contributed by atoms with E-state index in [4.69, 9.17) is 11.1 Å². The van der Waals surface area contributed by atoms with Crippen molar-refractivity contribution in [3.05, 3.63) is 78.1 Å². The molecule has 102 valence electrons. The number of nitrogen functional groups attached to an aromatic ring is 1. The Kier molecular flexibility index (Phi) is 3.24. The van der Waals surface area contributed by atoms with E-state index in [9.17, 15) is 0 Å². The largest absolute Gasteiger partial charge is 0.397 e. The van der Waals surface area contributed by atoms with Crippen LogP contribution in [0.25, 0.3) is 16.8 Å². The molecule has 3 N–H and O–H groups in total. The topological polar surface area (TPSA) is 62.8 Å². The molecule has 0 spiro atoms. The van der Waals surface area contributed by atoms with Gasteiger partial charge in [-0.2, -0.15) is 0 Å². The minimum absolute atomic E-state index is 0.392. The van der Waals surface area contributed by atoms with Crippen molar-refractivity contribution in [3.63, 3.8) is 0 Å². The second kappa shape index (κ2) is 5.21. The van der Waals surface area contributed by atoms with Crippen molar-refractivity contribution in [2.24, 2.45) is 0 Å². The number of anilines is 1. The van der Waals surface area contributed by atoms with Gasteiger partial charge in [0.2, 0.25) is 0 Å². The Bertz CT molecular complexity index is 850. The molecule has 0 aliphatic carbocycles. The summed E-state index contributed by atoms with van der Waals surface area (Å²) in [7, 11) is 0. The molecule has 0 saturated carbocycles. The fourth-order valence-electron chi connectivity index (χ4n) is 2.31. The Balaban J connectivity index is 2.09. The number of hydrogen-bond acceptors (Lipinski definition) is 3. The predicted octanol–water partition coefficient (Wildman–Crippen LogP) is 3.88. The van der Waals surface area contributed by atoms with Gasteiger partial charge in [-0.05, 0) is 29.0 Å². The summed E-state index contributed by atoms with van der Waals surface area (Å²) < 4.78 is 0. The lowest BCUT2D eigenvalue weighted by Crippen LogP contribution is -2.06. The predicted molar refractivity (Wildman–Crippen MR) is 88.6 cm³/mol. The number of nitrogens with one attached hydrogen (secondary N) is 1. The van der Waals surface area contributed by atoms with E-state index in [0.29, 0.717) is 22.7 Å². The maximum Gasteiger partial charge on any atom is 0.0706 e. The van der Waals surface area contributed by atoms with Crippen molar-refractivity contribution in [3.8, 4) is 0 Å². The summed E-state index contributed by atoms with van der Waals surface area (Å²) in [5.41, 5.74) is 9.07. The van der Waals surface area contributed by atoms with Crippen LogP contribution in [0.1, 0.15) is 16.8 Å². The van der Waals surface area contributed by atoms with Gasteiger partial charge in [-0.1, -0.05) is 43.0 Å². The number of aromatic nitrogens is 1. The zero-order valence-corrected chi connectivity index (χ0v) is 11.5. The van der Waals surface area contributed by atoms with Gasteiger partial charge in [-0.3, -0.25) is 10.4 Å².